The summed E-state index contributed by atoms with van der Waals surface area (Å²) < 4.78 is 17.3. The lowest BCUT2D eigenvalue weighted by Gasteiger charge is -2.12. The molecule has 0 fully saturated rings. The molecule has 0 aliphatic heterocycles. The Morgan fingerprint density at radius 2 is 1.78 bits per heavy atom. The van der Waals surface area contributed by atoms with Gasteiger partial charge in [-0.3, -0.25) is 9.48 Å². The lowest BCUT2D eigenvalue weighted by atomic mass is 10.1. The standard InChI is InChI=1S/C16H17ClN2O4/c1-19-9-11(17)15(18-19)12(20)6-5-10-7-13(21-2)16(23-4)14(8-10)22-3/h5-9H,1-4H3. The van der Waals surface area contributed by atoms with Crippen LogP contribution in [0, 0.1) is 0 Å². The van der Waals surface area contributed by atoms with Crippen LogP contribution in [-0.2, 0) is 7.05 Å². The van der Waals surface area contributed by atoms with Gasteiger partial charge in [0.1, 0.15) is 0 Å². The first kappa shape index (κ1) is 16.9. The number of benzene rings is 1. The van der Waals surface area contributed by atoms with Crippen LogP contribution in [-0.4, -0.2) is 36.9 Å². The van der Waals surface area contributed by atoms with Gasteiger partial charge in [-0.2, -0.15) is 5.10 Å². The molecule has 6 nitrogen and oxygen atoms in total. The van der Waals surface area contributed by atoms with Gasteiger partial charge in [-0.15, -0.1) is 0 Å². The van der Waals surface area contributed by atoms with Crippen LogP contribution in [0.2, 0.25) is 5.02 Å². The summed E-state index contributed by atoms with van der Waals surface area (Å²) in [6, 6.07) is 3.48. The molecule has 23 heavy (non-hydrogen) atoms. The van der Waals surface area contributed by atoms with Crippen molar-refractivity contribution in [3.8, 4) is 17.2 Å². The smallest absolute Gasteiger partial charge is 0.207 e. The van der Waals surface area contributed by atoms with Gasteiger partial charge in [0.15, 0.2) is 17.2 Å². The second kappa shape index (κ2) is 7.19. The van der Waals surface area contributed by atoms with Crippen molar-refractivity contribution >= 4 is 23.5 Å². The maximum atomic E-state index is 12.1. The molecule has 7 heteroatoms. The summed E-state index contributed by atoms with van der Waals surface area (Å²) in [4.78, 5) is 12.1. The molecule has 1 aromatic carbocycles. The minimum absolute atomic E-state index is 0.206. The summed E-state index contributed by atoms with van der Waals surface area (Å²) in [6.45, 7) is 0. The number of allylic oxidation sites excluding steroid dienone is 1. The molecule has 0 atom stereocenters. The van der Waals surface area contributed by atoms with E-state index < -0.39 is 0 Å². The fourth-order valence-corrected chi connectivity index (χ4v) is 2.35. The van der Waals surface area contributed by atoms with Crippen LogP contribution in [0.1, 0.15) is 16.1 Å². The fourth-order valence-electron chi connectivity index (χ4n) is 2.07. The zero-order valence-corrected chi connectivity index (χ0v) is 14.0. The predicted molar refractivity (Wildman–Crippen MR) is 87.7 cm³/mol. The largest absolute Gasteiger partial charge is 0.493 e. The number of carbonyl (C=O) groups is 1. The van der Waals surface area contributed by atoms with Gasteiger partial charge in [-0.1, -0.05) is 17.7 Å². The van der Waals surface area contributed by atoms with Crippen molar-refractivity contribution in [3.05, 3.63) is 40.7 Å². The number of aromatic nitrogens is 2. The van der Waals surface area contributed by atoms with Crippen molar-refractivity contribution in [2.24, 2.45) is 7.05 Å². The number of hydrogen-bond donors (Lipinski definition) is 0. The molecule has 0 N–H and O–H groups in total. The number of rotatable bonds is 6. The fraction of sp³-hybridized carbons (Fsp3) is 0.250. The van der Waals surface area contributed by atoms with Crippen LogP contribution >= 0.6 is 11.6 Å². The molecule has 0 saturated heterocycles. The summed E-state index contributed by atoms with van der Waals surface area (Å²) in [5, 5.41) is 4.34. The molecule has 2 rings (SSSR count). The third-order valence-electron chi connectivity index (χ3n) is 3.13. The van der Waals surface area contributed by atoms with Gasteiger partial charge in [0.2, 0.25) is 11.5 Å². The van der Waals surface area contributed by atoms with E-state index in [4.69, 9.17) is 25.8 Å². The van der Waals surface area contributed by atoms with E-state index in [1.54, 1.807) is 31.5 Å². The van der Waals surface area contributed by atoms with Crippen LogP contribution in [0.4, 0.5) is 0 Å². The molecule has 1 aromatic heterocycles. The van der Waals surface area contributed by atoms with Gasteiger partial charge >= 0.3 is 0 Å². The van der Waals surface area contributed by atoms with Crippen molar-refractivity contribution in [3.63, 3.8) is 0 Å². The van der Waals surface area contributed by atoms with Crippen LogP contribution in [0.15, 0.2) is 24.4 Å². The molecule has 0 saturated carbocycles. The topological polar surface area (TPSA) is 62.6 Å². The maximum absolute atomic E-state index is 12.1. The first-order chi connectivity index (χ1) is 11.0. The minimum atomic E-state index is -0.288. The number of nitrogens with zero attached hydrogens (tertiary/aromatic N) is 2. The minimum Gasteiger partial charge on any atom is -0.493 e. The molecular formula is C16H17ClN2O4. The molecule has 2 aromatic rings. The highest BCUT2D eigenvalue weighted by Crippen LogP contribution is 2.38. The van der Waals surface area contributed by atoms with E-state index in [0.717, 1.165) is 5.56 Å². The first-order valence-electron chi connectivity index (χ1n) is 6.71. The Morgan fingerprint density at radius 1 is 1.17 bits per heavy atom. The van der Waals surface area contributed by atoms with Crippen LogP contribution in [0.25, 0.3) is 6.08 Å². The van der Waals surface area contributed by atoms with Crippen molar-refractivity contribution in [1.29, 1.82) is 0 Å². The maximum Gasteiger partial charge on any atom is 0.207 e. The molecule has 0 aliphatic carbocycles. The summed E-state index contributed by atoms with van der Waals surface area (Å²) in [6.07, 6.45) is 4.61. The Bertz CT molecular complexity index is 728. The average Bonchev–Trinajstić information content (AvgIpc) is 2.89. The summed E-state index contributed by atoms with van der Waals surface area (Å²) in [5.41, 5.74) is 0.928. The van der Waals surface area contributed by atoms with Gasteiger partial charge in [-0.05, 0) is 23.8 Å². The second-order valence-electron chi connectivity index (χ2n) is 4.66. The van der Waals surface area contributed by atoms with E-state index in [1.165, 1.54) is 32.1 Å². The van der Waals surface area contributed by atoms with E-state index in [9.17, 15) is 4.79 Å². The van der Waals surface area contributed by atoms with E-state index >= 15 is 0 Å². The van der Waals surface area contributed by atoms with Crippen molar-refractivity contribution in [2.45, 2.75) is 0 Å². The monoisotopic (exact) mass is 336 g/mol. The van der Waals surface area contributed by atoms with Crippen LogP contribution in [0.3, 0.4) is 0 Å². The van der Waals surface area contributed by atoms with Gasteiger partial charge in [0, 0.05) is 13.2 Å². The molecular weight excluding hydrogens is 320 g/mol. The average molecular weight is 337 g/mol. The molecule has 0 unspecified atom stereocenters. The molecule has 122 valence electrons. The quantitative estimate of drug-likeness (QED) is 0.599. The van der Waals surface area contributed by atoms with E-state index in [-0.39, 0.29) is 11.5 Å². The zero-order valence-electron chi connectivity index (χ0n) is 13.3. The van der Waals surface area contributed by atoms with Gasteiger partial charge < -0.3 is 14.2 Å². The lowest BCUT2D eigenvalue weighted by Crippen LogP contribution is -1.98. The SMILES string of the molecule is COc1cc(C=CC(=O)c2nn(C)cc2Cl)cc(OC)c1OC. The first-order valence-corrected chi connectivity index (χ1v) is 7.09. The number of ether oxygens (including phenoxy) is 3. The number of halogens is 1. The van der Waals surface area contributed by atoms with E-state index in [1.807, 2.05) is 0 Å². The Hall–Kier alpha value is -2.47. The van der Waals surface area contributed by atoms with Crippen LogP contribution in [0.5, 0.6) is 17.2 Å². The zero-order chi connectivity index (χ0) is 17.0. The number of methoxy groups -OCH3 is 3. The summed E-state index contributed by atoms with van der Waals surface area (Å²) in [5.74, 6) is 1.22. The third-order valence-corrected chi connectivity index (χ3v) is 3.41. The lowest BCUT2D eigenvalue weighted by molar-refractivity contribution is 0.104. The molecule has 0 spiro atoms. The van der Waals surface area contributed by atoms with Crippen molar-refractivity contribution in [1.82, 2.24) is 9.78 Å². The Balaban J connectivity index is 2.32. The molecule has 0 amide bonds. The Morgan fingerprint density at radius 3 is 2.22 bits per heavy atom. The summed E-state index contributed by atoms with van der Waals surface area (Å²) in [7, 11) is 6.29. The third kappa shape index (κ3) is 3.65. The number of ketones is 1. The number of hydrogen-bond acceptors (Lipinski definition) is 5. The van der Waals surface area contributed by atoms with Gasteiger partial charge in [0.25, 0.3) is 0 Å². The normalized spacial score (nSPS) is 10.8. The number of carbonyl (C=O) groups excluding carboxylic acids is 1. The predicted octanol–water partition coefficient (Wildman–Crippen LogP) is 3.00. The van der Waals surface area contributed by atoms with E-state index in [2.05, 4.69) is 5.10 Å². The van der Waals surface area contributed by atoms with Gasteiger partial charge in [0.05, 0.1) is 26.4 Å². The van der Waals surface area contributed by atoms with Crippen molar-refractivity contribution < 1.29 is 19.0 Å². The molecule has 0 radical (unpaired) electrons. The molecule has 1 heterocycles. The summed E-state index contributed by atoms with van der Waals surface area (Å²) >= 11 is 5.96. The molecule has 0 bridgehead atoms. The van der Waals surface area contributed by atoms with E-state index in [0.29, 0.717) is 22.3 Å². The van der Waals surface area contributed by atoms with Crippen LogP contribution < -0.4 is 14.2 Å². The highest BCUT2D eigenvalue weighted by Gasteiger charge is 2.14. The Kier molecular flexibility index (Phi) is 5.28. The molecule has 0 aliphatic rings. The number of aryl methyl sites for hydroxylation is 1. The van der Waals surface area contributed by atoms with Crippen molar-refractivity contribution in [2.75, 3.05) is 21.3 Å². The highest BCUT2D eigenvalue weighted by molar-refractivity contribution is 6.34. The highest BCUT2D eigenvalue weighted by atomic mass is 35.5. The second-order valence-corrected chi connectivity index (χ2v) is 5.06. The Labute approximate surface area is 139 Å². The van der Waals surface area contributed by atoms with Gasteiger partial charge in [-0.25, -0.2) is 0 Å².